The minimum atomic E-state index is 0.311. The minimum absolute atomic E-state index is 0.311. The van der Waals surface area contributed by atoms with Gasteiger partial charge in [-0.2, -0.15) is 11.8 Å². The van der Waals surface area contributed by atoms with Gasteiger partial charge in [0.25, 0.3) is 0 Å². The normalized spacial score (nSPS) is 13.4. The fraction of sp³-hybridized carbons (Fsp3) is 0.625. The third-order valence-electron chi connectivity index (χ3n) is 3.03. The van der Waals surface area contributed by atoms with E-state index in [1.807, 2.05) is 18.8 Å². The zero-order chi connectivity index (χ0) is 14.5. The van der Waals surface area contributed by atoms with E-state index in [-0.39, 0.29) is 0 Å². The Morgan fingerprint density at radius 3 is 2.53 bits per heavy atom. The van der Waals surface area contributed by atoms with Gasteiger partial charge < -0.3 is 10.1 Å². The summed E-state index contributed by atoms with van der Waals surface area (Å²) in [7, 11) is 3.78. The molecule has 1 unspecified atom stereocenters. The number of ether oxygens (including phenoxy) is 1. The second-order valence-electron chi connectivity index (χ2n) is 5.93. The molecule has 1 aromatic carbocycles. The summed E-state index contributed by atoms with van der Waals surface area (Å²) in [5.74, 6) is 2.10. The molecule has 1 atom stereocenters. The summed E-state index contributed by atoms with van der Waals surface area (Å²) in [4.78, 5) is 0. The van der Waals surface area contributed by atoms with E-state index in [2.05, 4.69) is 51.2 Å². The van der Waals surface area contributed by atoms with Crippen LogP contribution in [0.15, 0.2) is 18.2 Å². The number of likely N-dealkylation sites (N-methyl/N-ethyl adjacent to an activating group) is 1. The van der Waals surface area contributed by atoms with Crippen LogP contribution in [0.2, 0.25) is 0 Å². The monoisotopic (exact) mass is 281 g/mol. The van der Waals surface area contributed by atoms with Gasteiger partial charge in [0.15, 0.2) is 0 Å². The van der Waals surface area contributed by atoms with Crippen LogP contribution in [0.25, 0.3) is 0 Å². The highest BCUT2D eigenvalue weighted by Crippen LogP contribution is 2.26. The van der Waals surface area contributed by atoms with Crippen LogP contribution >= 0.6 is 11.8 Å². The summed E-state index contributed by atoms with van der Waals surface area (Å²) >= 11 is 2.00. The Morgan fingerprint density at radius 1 is 1.32 bits per heavy atom. The number of thioether (sulfide) groups is 1. The summed E-state index contributed by atoms with van der Waals surface area (Å²) in [6.07, 6.45) is 1.00. The van der Waals surface area contributed by atoms with Crippen LogP contribution in [-0.2, 0) is 6.42 Å². The highest BCUT2D eigenvalue weighted by molar-refractivity contribution is 8.00. The molecule has 1 rings (SSSR count). The van der Waals surface area contributed by atoms with Crippen molar-refractivity contribution in [2.45, 2.75) is 44.9 Å². The lowest BCUT2D eigenvalue weighted by Crippen LogP contribution is -2.31. The zero-order valence-corrected chi connectivity index (χ0v) is 13.9. The lowest BCUT2D eigenvalue weighted by molar-refractivity contribution is 0.407. The van der Waals surface area contributed by atoms with Gasteiger partial charge in [0.05, 0.1) is 7.11 Å². The number of nitrogens with one attached hydrogen (secondary N) is 1. The molecule has 0 radical (unpaired) electrons. The standard InChI is InChI=1S/C16H27NOS/c1-12-7-8-15(18-6)13(9-12)10-14(17-5)11-19-16(2,3)4/h7-9,14,17H,10-11H2,1-6H3. The van der Waals surface area contributed by atoms with Gasteiger partial charge in [0, 0.05) is 16.5 Å². The predicted octanol–water partition coefficient (Wildman–Crippen LogP) is 3.67. The maximum atomic E-state index is 5.46. The maximum Gasteiger partial charge on any atom is 0.122 e. The van der Waals surface area contributed by atoms with E-state index < -0.39 is 0 Å². The van der Waals surface area contributed by atoms with Crippen LogP contribution in [0.4, 0.5) is 0 Å². The van der Waals surface area contributed by atoms with Gasteiger partial charge in [-0.25, -0.2) is 0 Å². The molecule has 0 aromatic heterocycles. The number of benzene rings is 1. The van der Waals surface area contributed by atoms with Crippen LogP contribution in [0.1, 0.15) is 31.9 Å². The van der Waals surface area contributed by atoms with Gasteiger partial charge in [-0.1, -0.05) is 38.5 Å². The summed E-state index contributed by atoms with van der Waals surface area (Å²) in [6, 6.07) is 6.86. The Morgan fingerprint density at radius 2 is 2.00 bits per heavy atom. The van der Waals surface area contributed by atoms with Crippen LogP contribution in [-0.4, -0.2) is 30.7 Å². The summed E-state index contributed by atoms with van der Waals surface area (Å²) in [6.45, 7) is 8.91. The molecule has 0 spiro atoms. The van der Waals surface area contributed by atoms with Crippen molar-refractivity contribution in [3.8, 4) is 5.75 Å². The van der Waals surface area contributed by atoms with Gasteiger partial charge in [-0.05, 0) is 32.0 Å². The van der Waals surface area contributed by atoms with Crippen molar-refractivity contribution in [3.63, 3.8) is 0 Å². The van der Waals surface area contributed by atoms with Crippen molar-refractivity contribution < 1.29 is 4.74 Å². The second-order valence-corrected chi connectivity index (χ2v) is 7.78. The van der Waals surface area contributed by atoms with Crippen molar-refractivity contribution >= 4 is 11.8 Å². The average Bonchev–Trinajstić information content (AvgIpc) is 2.33. The van der Waals surface area contributed by atoms with Crippen LogP contribution in [0.3, 0.4) is 0 Å². The fourth-order valence-corrected chi connectivity index (χ4v) is 2.91. The first-order valence-corrected chi connectivity index (χ1v) is 7.79. The molecule has 19 heavy (non-hydrogen) atoms. The van der Waals surface area contributed by atoms with Gasteiger partial charge in [-0.3, -0.25) is 0 Å². The van der Waals surface area contributed by atoms with Gasteiger partial charge in [0.1, 0.15) is 5.75 Å². The number of methoxy groups -OCH3 is 1. The molecule has 0 saturated heterocycles. The third kappa shape index (κ3) is 5.87. The Bertz CT molecular complexity index is 398. The molecule has 0 fully saturated rings. The Balaban J connectivity index is 2.72. The van der Waals surface area contributed by atoms with Crippen molar-refractivity contribution in [2.24, 2.45) is 0 Å². The van der Waals surface area contributed by atoms with Crippen molar-refractivity contribution in [2.75, 3.05) is 19.9 Å². The molecule has 108 valence electrons. The van der Waals surface area contributed by atoms with Gasteiger partial charge in [-0.15, -0.1) is 0 Å². The van der Waals surface area contributed by atoms with E-state index in [0.717, 1.165) is 17.9 Å². The van der Waals surface area contributed by atoms with Crippen LogP contribution in [0.5, 0.6) is 5.75 Å². The predicted molar refractivity (Wildman–Crippen MR) is 86.5 cm³/mol. The first-order valence-electron chi connectivity index (χ1n) is 6.80. The van der Waals surface area contributed by atoms with E-state index in [0.29, 0.717) is 10.8 Å². The SMILES string of the molecule is CNC(CSC(C)(C)C)Cc1cc(C)ccc1OC. The Labute approximate surface area is 122 Å². The van der Waals surface area contributed by atoms with Crippen LogP contribution in [0, 0.1) is 6.92 Å². The van der Waals surface area contributed by atoms with Crippen molar-refractivity contribution in [1.29, 1.82) is 0 Å². The number of hydrogen-bond donors (Lipinski definition) is 1. The van der Waals surface area contributed by atoms with Crippen molar-refractivity contribution in [1.82, 2.24) is 5.32 Å². The number of aryl methyl sites for hydroxylation is 1. The van der Waals surface area contributed by atoms with E-state index in [1.165, 1.54) is 11.1 Å². The van der Waals surface area contributed by atoms with Crippen LogP contribution < -0.4 is 10.1 Å². The average molecular weight is 281 g/mol. The Hall–Kier alpha value is -0.670. The molecule has 1 N–H and O–H groups in total. The smallest absolute Gasteiger partial charge is 0.122 e. The topological polar surface area (TPSA) is 21.3 Å². The third-order valence-corrected chi connectivity index (χ3v) is 4.46. The molecule has 0 amide bonds. The van der Waals surface area contributed by atoms with E-state index in [1.54, 1.807) is 7.11 Å². The molecule has 1 aromatic rings. The molecular weight excluding hydrogens is 254 g/mol. The first kappa shape index (κ1) is 16.4. The summed E-state index contributed by atoms with van der Waals surface area (Å²) in [5.41, 5.74) is 2.57. The first-order chi connectivity index (χ1) is 8.85. The lowest BCUT2D eigenvalue weighted by Gasteiger charge is -2.23. The molecule has 0 bridgehead atoms. The van der Waals surface area contributed by atoms with Gasteiger partial charge >= 0.3 is 0 Å². The number of rotatable bonds is 6. The van der Waals surface area contributed by atoms with Gasteiger partial charge in [0.2, 0.25) is 0 Å². The lowest BCUT2D eigenvalue weighted by atomic mass is 10.0. The van der Waals surface area contributed by atoms with Crippen molar-refractivity contribution in [3.05, 3.63) is 29.3 Å². The summed E-state index contributed by atoms with van der Waals surface area (Å²) < 4.78 is 5.77. The molecule has 3 heteroatoms. The second kappa shape index (κ2) is 7.20. The zero-order valence-electron chi connectivity index (χ0n) is 13.0. The highest BCUT2D eigenvalue weighted by atomic mass is 32.2. The maximum absolute atomic E-state index is 5.46. The van der Waals surface area contributed by atoms with E-state index >= 15 is 0 Å². The highest BCUT2D eigenvalue weighted by Gasteiger charge is 2.16. The molecule has 0 heterocycles. The molecule has 0 aliphatic heterocycles. The molecule has 0 aliphatic rings. The molecule has 0 aliphatic carbocycles. The number of hydrogen-bond acceptors (Lipinski definition) is 3. The Kier molecular flexibility index (Phi) is 6.21. The molecule has 0 saturated carbocycles. The quantitative estimate of drug-likeness (QED) is 0.859. The van der Waals surface area contributed by atoms with E-state index in [4.69, 9.17) is 4.74 Å². The largest absolute Gasteiger partial charge is 0.496 e. The summed E-state index contributed by atoms with van der Waals surface area (Å²) in [5, 5.41) is 3.42. The minimum Gasteiger partial charge on any atom is -0.496 e. The van der Waals surface area contributed by atoms with E-state index in [9.17, 15) is 0 Å². The molecular formula is C16H27NOS. The fourth-order valence-electron chi connectivity index (χ4n) is 1.93. The molecule has 2 nitrogen and oxygen atoms in total.